The summed E-state index contributed by atoms with van der Waals surface area (Å²) in [5.41, 5.74) is 6.83. The molecule has 0 unspecified atom stereocenters. The lowest BCUT2D eigenvalue weighted by atomic mass is 9.85. The van der Waals surface area contributed by atoms with Gasteiger partial charge in [-0.3, -0.25) is 0 Å². The molecule has 1 nitrogen and oxygen atoms in total. The van der Waals surface area contributed by atoms with Crippen molar-refractivity contribution in [3.63, 3.8) is 0 Å². The average Bonchev–Trinajstić information content (AvgIpc) is 3.36. The molecule has 172 valence electrons. The highest BCUT2D eigenvalue weighted by Crippen LogP contribution is 2.47. The Morgan fingerprint density at radius 3 is 1.62 bits per heavy atom. The van der Waals surface area contributed by atoms with Crippen molar-refractivity contribution in [1.82, 2.24) is 0 Å². The van der Waals surface area contributed by atoms with Gasteiger partial charge < -0.3 is 4.42 Å². The Morgan fingerprint density at radius 1 is 0.351 bits per heavy atom. The quantitative estimate of drug-likeness (QED) is 0.229. The highest BCUT2D eigenvalue weighted by Gasteiger charge is 2.20. The van der Waals surface area contributed by atoms with E-state index in [-0.39, 0.29) is 0 Å². The van der Waals surface area contributed by atoms with Crippen molar-refractivity contribution in [1.29, 1.82) is 0 Å². The van der Waals surface area contributed by atoms with E-state index in [1.807, 2.05) is 0 Å². The molecule has 0 N–H and O–H groups in total. The molecule has 0 amide bonds. The van der Waals surface area contributed by atoms with Gasteiger partial charge in [-0.25, -0.2) is 0 Å². The van der Waals surface area contributed by atoms with Crippen LogP contribution in [0.5, 0.6) is 0 Å². The smallest absolute Gasteiger partial charge is 0.136 e. The molecule has 0 saturated carbocycles. The average molecular weight is 471 g/mol. The molecule has 0 bridgehead atoms. The van der Waals surface area contributed by atoms with Gasteiger partial charge in [-0.15, -0.1) is 0 Å². The van der Waals surface area contributed by atoms with Crippen molar-refractivity contribution in [2.45, 2.75) is 0 Å². The second kappa shape index (κ2) is 7.81. The lowest BCUT2D eigenvalue weighted by Gasteiger charge is -2.18. The Balaban J connectivity index is 1.60. The van der Waals surface area contributed by atoms with Crippen LogP contribution in [0.2, 0.25) is 0 Å². The maximum Gasteiger partial charge on any atom is 0.136 e. The van der Waals surface area contributed by atoms with Crippen LogP contribution >= 0.6 is 0 Å². The van der Waals surface area contributed by atoms with Crippen LogP contribution in [0.4, 0.5) is 0 Å². The van der Waals surface area contributed by atoms with Crippen LogP contribution in [-0.2, 0) is 0 Å². The molecular weight excluding hydrogens is 448 g/mol. The Kier molecular flexibility index (Phi) is 4.29. The van der Waals surface area contributed by atoms with Crippen molar-refractivity contribution in [3.05, 3.63) is 133 Å². The van der Waals surface area contributed by atoms with Crippen LogP contribution in [0.25, 0.3) is 76.5 Å². The topological polar surface area (TPSA) is 13.1 Å². The Morgan fingerprint density at radius 2 is 0.919 bits per heavy atom. The predicted octanol–water partition coefficient (Wildman–Crippen LogP) is 10.4. The summed E-state index contributed by atoms with van der Waals surface area (Å²) in [6.07, 6.45) is 0. The van der Waals surface area contributed by atoms with Crippen LogP contribution < -0.4 is 0 Å². The van der Waals surface area contributed by atoms with E-state index in [4.69, 9.17) is 4.42 Å². The van der Waals surface area contributed by atoms with E-state index in [1.165, 1.54) is 65.3 Å². The van der Waals surface area contributed by atoms with Gasteiger partial charge in [0.2, 0.25) is 0 Å². The number of rotatable bonds is 2. The zero-order valence-corrected chi connectivity index (χ0v) is 20.1. The van der Waals surface area contributed by atoms with Crippen molar-refractivity contribution < 1.29 is 4.42 Å². The summed E-state index contributed by atoms with van der Waals surface area (Å²) in [4.78, 5) is 0. The summed E-state index contributed by atoms with van der Waals surface area (Å²) in [6.45, 7) is 0. The summed E-state index contributed by atoms with van der Waals surface area (Å²) in [7, 11) is 0. The maximum atomic E-state index is 6.44. The zero-order chi connectivity index (χ0) is 24.3. The van der Waals surface area contributed by atoms with Crippen LogP contribution in [-0.4, -0.2) is 0 Å². The third kappa shape index (κ3) is 2.92. The fourth-order valence-corrected chi connectivity index (χ4v) is 6.13. The molecule has 0 atom stereocenters. The van der Waals surface area contributed by atoms with E-state index in [1.54, 1.807) is 0 Å². The molecule has 0 saturated heterocycles. The van der Waals surface area contributed by atoms with Gasteiger partial charge in [-0.1, -0.05) is 121 Å². The number of hydrogen-bond donors (Lipinski definition) is 0. The molecule has 1 aromatic heterocycles. The van der Waals surface area contributed by atoms with Gasteiger partial charge in [0, 0.05) is 10.8 Å². The Labute approximate surface area is 214 Å². The molecule has 0 aliphatic heterocycles. The highest BCUT2D eigenvalue weighted by atomic mass is 16.3. The van der Waals surface area contributed by atoms with Gasteiger partial charge in [-0.2, -0.15) is 0 Å². The number of benzene rings is 7. The third-order valence-corrected chi connectivity index (χ3v) is 7.65. The summed E-state index contributed by atoms with van der Waals surface area (Å²) in [5.74, 6) is 0. The fourth-order valence-electron chi connectivity index (χ4n) is 6.13. The second-order valence-electron chi connectivity index (χ2n) is 9.65. The summed E-state index contributed by atoms with van der Waals surface area (Å²) in [5, 5.41) is 9.84. The molecule has 0 spiro atoms. The van der Waals surface area contributed by atoms with Gasteiger partial charge in [-0.05, 0) is 66.7 Å². The minimum Gasteiger partial charge on any atom is -0.456 e. The molecule has 37 heavy (non-hydrogen) atoms. The first kappa shape index (κ1) is 20.3. The molecule has 1 heteroatoms. The third-order valence-electron chi connectivity index (χ3n) is 7.65. The van der Waals surface area contributed by atoms with Crippen LogP contribution in [0, 0.1) is 0 Å². The second-order valence-corrected chi connectivity index (χ2v) is 9.65. The molecule has 8 aromatic rings. The van der Waals surface area contributed by atoms with Crippen molar-refractivity contribution in [3.8, 4) is 22.3 Å². The van der Waals surface area contributed by atoms with E-state index in [0.29, 0.717) is 0 Å². The molecule has 0 aliphatic carbocycles. The van der Waals surface area contributed by atoms with Gasteiger partial charge in [0.25, 0.3) is 0 Å². The molecule has 1 heterocycles. The molecule has 8 rings (SSSR count). The van der Waals surface area contributed by atoms with Gasteiger partial charge >= 0.3 is 0 Å². The van der Waals surface area contributed by atoms with Gasteiger partial charge in [0.15, 0.2) is 0 Å². The maximum absolute atomic E-state index is 6.44. The zero-order valence-electron chi connectivity index (χ0n) is 20.1. The van der Waals surface area contributed by atoms with E-state index >= 15 is 0 Å². The molecule has 0 radical (unpaired) electrons. The lowest BCUT2D eigenvalue weighted by molar-refractivity contribution is 0.669. The molecule has 0 aliphatic rings. The minimum absolute atomic E-state index is 0.921. The number of furan rings is 1. The van der Waals surface area contributed by atoms with E-state index in [0.717, 1.165) is 11.2 Å². The monoisotopic (exact) mass is 470 g/mol. The summed E-state index contributed by atoms with van der Waals surface area (Å²) >= 11 is 0. The Hall–Kier alpha value is -4.88. The highest BCUT2D eigenvalue weighted by molar-refractivity contribution is 6.28. The summed E-state index contributed by atoms with van der Waals surface area (Å²) in [6, 6.07) is 47.7. The normalized spacial score (nSPS) is 11.8. The van der Waals surface area contributed by atoms with Crippen molar-refractivity contribution >= 4 is 54.3 Å². The van der Waals surface area contributed by atoms with Crippen LogP contribution in [0.15, 0.2) is 138 Å². The molecular formula is C36H22O. The summed E-state index contributed by atoms with van der Waals surface area (Å²) < 4.78 is 6.44. The van der Waals surface area contributed by atoms with E-state index < -0.39 is 0 Å². The van der Waals surface area contributed by atoms with Crippen molar-refractivity contribution in [2.75, 3.05) is 0 Å². The van der Waals surface area contributed by atoms with Gasteiger partial charge in [0.1, 0.15) is 11.2 Å². The SMILES string of the molecule is c1ccc(-c2c3ccccc3c(-c3cccc4oc5ccc6ccccc6c5c34)c3ccccc23)cc1. The Bertz CT molecular complexity index is 2070. The fraction of sp³-hybridized carbons (Fsp3) is 0. The first-order chi connectivity index (χ1) is 18.4. The minimum atomic E-state index is 0.921. The first-order valence-corrected chi connectivity index (χ1v) is 12.7. The molecule has 0 fully saturated rings. The van der Waals surface area contributed by atoms with E-state index in [9.17, 15) is 0 Å². The lowest BCUT2D eigenvalue weighted by Crippen LogP contribution is -1.91. The first-order valence-electron chi connectivity index (χ1n) is 12.7. The number of hydrogen-bond acceptors (Lipinski definition) is 1. The van der Waals surface area contributed by atoms with Crippen LogP contribution in [0.3, 0.4) is 0 Å². The van der Waals surface area contributed by atoms with E-state index in [2.05, 4.69) is 133 Å². The molecule has 7 aromatic carbocycles. The van der Waals surface area contributed by atoms with Crippen LogP contribution in [0.1, 0.15) is 0 Å². The predicted molar refractivity (Wildman–Crippen MR) is 157 cm³/mol. The number of fused-ring (bicyclic) bond motifs is 7. The van der Waals surface area contributed by atoms with Crippen molar-refractivity contribution in [2.24, 2.45) is 0 Å². The standard InChI is InChI=1S/C36H22O/c1-2-12-24(13-3-1)33-26-15-6-8-17-28(26)34(29-18-9-7-16-27(29)33)30-19-10-20-31-36(30)35-25-14-5-4-11-23(25)21-22-32(35)37-31/h1-22H. The largest absolute Gasteiger partial charge is 0.456 e. The van der Waals surface area contributed by atoms with Gasteiger partial charge in [0.05, 0.1) is 0 Å².